The molecule has 0 fully saturated rings. The zero-order chi connectivity index (χ0) is 9.14. The molecule has 0 bridgehead atoms. The Morgan fingerprint density at radius 2 is 2.17 bits per heavy atom. The van der Waals surface area contributed by atoms with Crippen molar-refractivity contribution < 1.29 is 5.11 Å². The van der Waals surface area contributed by atoms with E-state index in [1.54, 1.807) is 0 Å². The van der Waals surface area contributed by atoms with Crippen LogP contribution >= 0.6 is 15.9 Å². The molecule has 0 spiro atoms. The van der Waals surface area contributed by atoms with Crippen LogP contribution in [-0.2, 0) is 0 Å². The normalized spacial score (nSPS) is 13.0. The van der Waals surface area contributed by atoms with E-state index in [2.05, 4.69) is 15.9 Å². The van der Waals surface area contributed by atoms with Gasteiger partial charge in [0.1, 0.15) is 0 Å². The van der Waals surface area contributed by atoms with Crippen molar-refractivity contribution in [2.45, 2.75) is 26.4 Å². The van der Waals surface area contributed by atoms with E-state index in [0.717, 1.165) is 22.0 Å². The topological polar surface area (TPSA) is 20.2 Å². The van der Waals surface area contributed by atoms with E-state index in [1.807, 2.05) is 32.0 Å². The van der Waals surface area contributed by atoms with Gasteiger partial charge in [0.15, 0.2) is 0 Å². The summed E-state index contributed by atoms with van der Waals surface area (Å²) in [5, 5.41) is 9.66. The Labute approximate surface area is 81.6 Å². The van der Waals surface area contributed by atoms with E-state index in [4.69, 9.17) is 0 Å². The molecule has 0 unspecified atom stereocenters. The maximum Gasteiger partial charge on any atom is 0.0800 e. The van der Waals surface area contributed by atoms with E-state index < -0.39 is 0 Å². The van der Waals surface area contributed by atoms with E-state index in [-0.39, 0.29) is 6.10 Å². The molecular formula is C10H13BrO. The van der Waals surface area contributed by atoms with E-state index in [1.165, 1.54) is 0 Å². The molecular weight excluding hydrogens is 216 g/mol. The molecule has 1 atom stereocenters. The Kier molecular flexibility index (Phi) is 3.29. The molecule has 66 valence electrons. The summed E-state index contributed by atoms with van der Waals surface area (Å²) in [5.41, 5.74) is 2.15. The minimum absolute atomic E-state index is 0.347. The lowest BCUT2D eigenvalue weighted by molar-refractivity contribution is 0.172. The second kappa shape index (κ2) is 4.06. The first-order valence-corrected chi connectivity index (χ1v) is 4.89. The molecule has 0 aromatic heterocycles. The lowest BCUT2D eigenvalue weighted by Gasteiger charge is -2.13. The molecule has 2 heteroatoms. The van der Waals surface area contributed by atoms with Crippen LogP contribution in [0.5, 0.6) is 0 Å². The minimum atomic E-state index is -0.347. The fourth-order valence-electron chi connectivity index (χ4n) is 1.27. The highest BCUT2D eigenvalue weighted by Gasteiger charge is 2.10. The summed E-state index contributed by atoms with van der Waals surface area (Å²) >= 11 is 3.43. The van der Waals surface area contributed by atoms with Gasteiger partial charge in [-0.2, -0.15) is 0 Å². The number of aliphatic hydroxyl groups is 1. The fraction of sp³-hybridized carbons (Fsp3) is 0.400. The molecule has 1 aromatic rings. The van der Waals surface area contributed by atoms with Crippen molar-refractivity contribution in [2.75, 3.05) is 0 Å². The number of hydrogen-bond donors (Lipinski definition) is 1. The highest BCUT2D eigenvalue weighted by Crippen LogP contribution is 2.28. The van der Waals surface area contributed by atoms with Crippen LogP contribution in [0.25, 0.3) is 0 Å². The van der Waals surface area contributed by atoms with Gasteiger partial charge in [0, 0.05) is 4.47 Å². The Morgan fingerprint density at radius 1 is 1.50 bits per heavy atom. The first kappa shape index (κ1) is 9.75. The van der Waals surface area contributed by atoms with Crippen molar-refractivity contribution in [3.63, 3.8) is 0 Å². The molecule has 1 N–H and O–H groups in total. The molecule has 0 aliphatic carbocycles. The molecule has 12 heavy (non-hydrogen) atoms. The lowest BCUT2D eigenvalue weighted by atomic mass is 10.0. The maximum atomic E-state index is 9.66. The summed E-state index contributed by atoms with van der Waals surface area (Å²) in [6.45, 7) is 3.99. The highest BCUT2D eigenvalue weighted by molar-refractivity contribution is 9.10. The summed E-state index contributed by atoms with van der Waals surface area (Å²) in [7, 11) is 0. The third kappa shape index (κ3) is 1.87. The fourth-order valence-corrected chi connectivity index (χ4v) is 2.00. The molecule has 1 aromatic carbocycles. The quantitative estimate of drug-likeness (QED) is 0.825. The van der Waals surface area contributed by atoms with Crippen molar-refractivity contribution in [2.24, 2.45) is 0 Å². The second-order valence-electron chi connectivity index (χ2n) is 2.89. The maximum absolute atomic E-state index is 9.66. The van der Waals surface area contributed by atoms with Gasteiger partial charge in [0.05, 0.1) is 6.10 Å². The first-order valence-electron chi connectivity index (χ1n) is 4.10. The number of aliphatic hydroxyl groups excluding tert-OH is 1. The zero-order valence-electron chi connectivity index (χ0n) is 7.34. The molecule has 0 aliphatic heterocycles. The van der Waals surface area contributed by atoms with Crippen molar-refractivity contribution in [3.8, 4) is 0 Å². The monoisotopic (exact) mass is 228 g/mol. The second-order valence-corrected chi connectivity index (χ2v) is 3.75. The van der Waals surface area contributed by atoms with Crippen LogP contribution in [0.3, 0.4) is 0 Å². The van der Waals surface area contributed by atoms with Gasteiger partial charge in [-0.3, -0.25) is 0 Å². The number of halogens is 1. The number of aryl methyl sites for hydroxylation is 1. The average molecular weight is 229 g/mol. The van der Waals surface area contributed by atoms with Crippen molar-refractivity contribution in [1.29, 1.82) is 0 Å². The smallest absolute Gasteiger partial charge is 0.0800 e. The van der Waals surface area contributed by atoms with Crippen molar-refractivity contribution in [3.05, 3.63) is 33.8 Å². The molecule has 0 heterocycles. The van der Waals surface area contributed by atoms with Crippen LogP contribution in [0.2, 0.25) is 0 Å². The minimum Gasteiger partial charge on any atom is -0.388 e. The highest BCUT2D eigenvalue weighted by atomic mass is 79.9. The van der Waals surface area contributed by atoms with Gasteiger partial charge in [0.25, 0.3) is 0 Å². The summed E-state index contributed by atoms with van der Waals surface area (Å²) in [5.74, 6) is 0. The summed E-state index contributed by atoms with van der Waals surface area (Å²) < 4.78 is 0.997. The summed E-state index contributed by atoms with van der Waals surface area (Å²) in [6, 6.07) is 5.95. The van der Waals surface area contributed by atoms with E-state index >= 15 is 0 Å². The Morgan fingerprint density at radius 3 is 2.67 bits per heavy atom. The number of rotatable bonds is 2. The number of hydrogen-bond acceptors (Lipinski definition) is 1. The van der Waals surface area contributed by atoms with Crippen molar-refractivity contribution in [1.82, 2.24) is 0 Å². The van der Waals surface area contributed by atoms with Gasteiger partial charge < -0.3 is 5.11 Å². The van der Waals surface area contributed by atoms with Crippen LogP contribution in [0.15, 0.2) is 22.7 Å². The molecule has 1 rings (SSSR count). The van der Waals surface area contributed by atoms with E-state index in [0.29, 0.717) is 0 Å². The first-order chi connectivity index (χ1) is 5.66. The standard InChI is InChI=1S/C10H13BrO/c1-3-9(12)10-7(2)5-4-6-8(10)11/h4-6,9,12H,3H2,1-2H3/t9-/m1/s1. The average Bonchev–Trinajstić information content (AvgIpc) is 2.03. The molecule has 0 saturated carbocycles. The lowest BCUT2D eigenvalue weighted by Crippen LogP contribution is -1.99. The van der Waals surface area contributed by atoms with Gasteiger partial charge in [-0.25, -0.2) is 0 Å². The molecule has 0 saturated heterocycles. The Hall–Kier alpha value is -0.340. The third-order valence-electron chi connectivity index (χ3n) is 1.99. The van der Waals surface area contributed by atoms with Crippen LogP contribution in [0.1, 0.15) is 30.6 Å². The SMILES string of the molecule is CC[C@@H](O)c1c(C)cccc1Br. The third-order valence-corrected chi connectivity index (χ3v) is 2.68. The van der Waals surface area contributed by atoms with Crippen LogP contribution in [-0.4, -0.2) is 5.11 Å². The number of benzene rings is 1. The van der Waals surface area contributed by atoms with Gasteiger partial charge >= 0.3 is 0 Å². The summed E-state index contributed by atoms with van der Waals surface area (Å²) in [6.07, 6.45) is 0.407. The predicted molar refractivity (Wildman–Crippen MR) is 54.1 cm³/mol. The molecule has 0 radical (unpaired) electrons. The van der Waals surface area contributed by atoms with Crippen molar-refractivity contribution >= 4 is 15.9 Å². The van der Waals surface area contributed by atoms with Crippen LogP contribution in [0.4, 0.5) is 0 Å². The molecule has 0 aliphatic rings. The summed E-state index contributed by atoms with van der Waals surface area (Å²) in [4.78, 5) is 0. The van der Waals surface area contributed by atoms with Gasteiger partial charge in [-0.05, 0) is 30.5 Å². The Bertz CT molecular complexity index is 250. The predicted octanol–water partition coefficient (Wildman–Crippen LogP) is 3.20. The molecule has 0 amide bonds. The van der Waals surface area contributed by atoms with Gasteiger partial charge in [-0.15, -0.1) is 0 Å². The van der Waals surface area contributed by atoms with Gasteiger partial charge in [-0.1, -0.05) is 35.0 Å². The molecule has 1 nitrogen and oxygen atoms in total. The van der Waals surface area contributed by atoms with Crippen LogP contribution in [0, 0.1) is 6.92 Å². The van der Waals surface area contributed by atoms with Gasteiger partial charge in [0.2, 0.25) is 0 Å². The largest absolute Gasteiger partial charge is 0.388 e. The Balaban J connectivity index is 3.12. The van der Waals surface area contributed by atoms with E-state index in [9.17, 15) is 5.11 Å². The van der Waals surface area contributed by atoms with Crippen LogP contribution < -0.4 is 0 Å². The zero-order valence-corrected chi connectivity index (χ0v) is 8.93.